The van der Waals surface area contributed by atoms with Crippen molar-refractivity contribution in [1.29, 1.82) is 0 Å². The van der Waals surface area contributed by atoms with Crippen LogP contribution in [0.15, 0.2) is 30.3 Å². The molecule has 1 atom stereocenters. The minimum atomic E-state index is -0.653. The van der Waals surface area contributed by atoms with Crippen molar-refractivity contribution < 1.29 is 14.4 Å². The SMILES string of the molecule is CC(C)CONC(=O)C(C)NC(=O)c1ccccc1. The Balaban J connectivity index is 2.40. The maximum absolute atomic E-state index is 11.8. The van der Waals surface area contributed by atoms with E-state index in [2.05, 4.69) is 10.8 Å². The molecule has 0 aliphatic carbocycles. The van der Waals surface area contributed by atoms with Crippen LogP contribution >= 0.6 is 0 Å². The summed E-state index contributed by atoms with van der Waals surface area (Å²) in [6.07, 6.45) is 0. The molecule has 1 rings (SSSR count). The Morgan fingerprint density at radius 1 is 1.16 bits per heavy atom. The average molecular weight is 264 g/mol. The summed E-state index contributed by atoms with van der Waals surface area (Å²) < 4.78 is 0. The van der Waals surface area contributed by atoms with Gasteiger partial charge < -0.3 is 5.32 Å². The van der Waals surface area contributed by atoms with Crippen molar-refractivity contribution in [2.75, 3.05) is 6.61 Å². The molecule has 104 valence electrons. The summed E-state index contributed by atoms with van der Waals surface area (Å²) in [4.78, 5) is 28.5. The molecule has 2 amide bonds. The second kappa shape index (κ2) is 7.53. The quantitative estimate of drug-likeness (QED) is 0.765. The van der Waals surface area contributed by atoms with Crippen molar-refractivity contribution in [3.8, 4) is 0 Å². The summed E-state index contributed by atoms with van der Waals surface area (Å²) in [6.45, 7) is 6.00. The van der Waals surface area contributed by atoms with Crippen LogP contribution < -0.4 is 10.8 Å². The van der Waals surface area contributed by atoms with E-state index in [9.17, 15) is 9.59 Å². The van der Waals surface area contributed by atoms with Crippen LogP contribution in [0.3, 0.4) is 0 Å². The summed E-state index contributed by atoms with van der Waals surface area (Å²) >= 11 is 0. The minimum Gasteiger partial charge on any atom is -0.340 e. The number of hydroxylamine groups is 1. The van der Waals surface area contributed by atoms with Gasteiger partial charge in [-0.25, -0.2) is 5.48 Å². The molecule has 1 aromatic rings. The third kappa shape index (κ3) is 5.52. The number of nitrogens with one attached hydrogen (secondary N) is 2. The molecule has 0 bridgehead atoms. The van der Waals surface area contributed by atoms with Crippen LogP contribution in [0, 0.1) is 5.92 Å². The van der Waals surface area contributed by atoms with Gasteiger partial charge in [-0.2, -0.15) is 0 Å². The average Bonchev–Trinajstić information content (AvgIpc) is 2.39. The van der Waals surface area contributed by atoms with Crippen LogP contribution in [-0.2, 0) is 9.63 Å². The van der Waals surface area contributed by atoms with Gasteiger partial charge in [-0.3, -0.25) is 14.4 Å². The zero-order valence-corrected chi connectivity index (χ0v) is 11.5. The van der Waals surface area contributed by atoms with Crippen molar-refractivity contribution in [2.24, 2.45) is 5.92 Å². The first-order valence-electron chi connectivity index (χ1n) is 6.28. The van der Waals surface area contributed by atoms with E-state index in [1.165, 1.54) is 0 Å². The predicted octanol–water partition coefficient (Wildman–Crippen LogP) is 1.51. The molecule has 0 saturated carbocycles. The minimum absolute atomic E-state index is 0.285. The smallest absolute Gasteiger partial charge is 0.265 e. The zero-order valence-electron chi connectivity index (χ0n) is 11.5. The van der Waals surface area contributed by atoms with E-state index < -0.39 is 6.04 Å². The molecule has 0 spiro atoms. The van der Waals surface area contributed by atoms with E-state index in [0.29, 0.717) is 18.1 Å². The van der Waals surface area contributed by atoms with Crippen LogP contribution in [0.2, 0.25) is 0 Å². The van der Waals surface area contributed by atoms with Gasteiger partial charge in [-0.15, -0.1) is 0 Å². The molecule has 0 aromatic heterocycles. The van der Waals surface area contributed by atoms with Gasteiger partial charge in [0, 0.05) is 5.56 Å². The number of hydrogen-bond acceptors (Lipinski definition) is 3. The highest BCUT2D eigenvalue weighted by Crippen LogP contribution is 1.99. The molecule has 5 nitrogen and oxygen atoms in total. The first-order chi connectivity index (χ1) is 9.00. The van der Waals surface area contributed by atoms with E-state index in [0.717, 1.165) is 0 Å². The van der Waals surface area contributed by atoms with Crippen LogP contribution in [0.5, 0.6) is 0 Å². The van der Waals surface area contributed by atoms with E-state index in [1.807, 2.05) is 19.9 Å². The van der Waals surface area contributed by atoms with E-state index in [4.69, 9.17) is 4.84 Å². The molecule has 1 aromatic carbocycles. The molecule has 0 aliphatic heterocycles. The Morgan fingerprint density at radius 3 is 2.37 bits per heavy atom. The largest absolute Gasteiger partial charge is 0.340 e. The van der Waals surface area contributed by atoms with Gasteiger partial charge in [0.2, 0.25) is 0 Å². The summed E-state index contributed by atoms with van der Waals surface area (Å²) in [7, 11) is 0. The third-order valence-electron chi connectivity index (χ3n) is 2.37. The van der Waals surface area contributed by atoms with Gasteiger partial charge >= 0.3 is 0 Å². The van der Waals surface area contributed by atoms with Gasteiger partial charge in [0.15, 0.2) is 0 Å². The fourth-order valence-electron chi connectivity index (χ4n) is 1.30. The second-order valence-corrected chi connectivity index (χ2v) is 4.73. The molecule has 1 unspecified atom stereocenters. The number of hydrogen-bond donors (Lipinski definition) is 2. The molecule has 5 heteroatoms. The lowest BCUT2D eigenvalue weighted by atomic mass is 10.2. The van der Waals surface area contributed by atoms with Crippen LogP contribution in [0.4, 0.5) is 0 Å². The van der Waals surface area contributed by atoms with E-state index >= 15 is 0 Å². The number of amides is 2. The molecular weight excluding hydrogens is 244 g/mol. The topological polar surface area (TPSA) is 67.4 Å². The molecule has 0 saturated heterocycles. The van der Waals surface area contributed by atoms with Gasteiger partial charge in [0.1, 0.15) is 6.04 Å². The van der Waals surface area contributed by atoms with Crippen molar-refractivity contribution in [1.82, 2.24) is 10.8 Å². The molecule has 0 aliphatic rings. The third-order valence-corrected chi connectivity index (χ3v) is 2.37. The lowest BCUT2D eigenvalue weighted by Gasteiger charge is -2.14. The highest BCUT2D eigenvalue weighted by molar-refractivity contribution is 5.97. The standard InChI is InChI=1S/C14H20N2O3/c1-10(2)9-19-16-13(17)11(3)15-14(18)12-7-5-4-6-8-12/h4-8,10-11H,9H2,1-3H3,(H,15,18)(H,16,17). The fourth-order valence-corrected chi connectivity index (χ4v) is 1.30. The van der Waals surface area contributed by atoms with Crippen molar-refractivity contribution >= 4 is 11.8 Å². The molecule has 0 radical (unpaired) electrons. The number of benzene rings is 1. The van der Waals surface area contributed by atoms with E-state index in [-0.39, 0.29) is 11.8 Å². The van der Waals surface area contributed by atoms with Crippen LogP contribution in [0.1, 0.15) is 31.1 Å². The monoisotopic (exact) mass is 264 g/mol. The fraction of sp³-hybridized carbons (Fsp3) is 0.429. The highest BCUT2D eigenvalue weighted by atomic mass is 16.7. The lowest BCUT2D eigenvalue weighted by Crippen LogP contribution is -2.45. The number of carbonyl (C=O) groups excluding carboxylic acids is 2. The van der Waals surface area contributed by atoms with Crippen molar-refractivity contribution in [2.45, 2.75) is 26.8 Å². The maximum Gasteiger partial charge on any atom is 0.265 e. The summed E-state index contributed by atoms with van der Waals surface area (Å²) in [6, 6.07) is 8.09. The molecular formula is C14H20N2O3. The second-order valence-electron chi connectivity index (χ2n) is 4.73. The Morgan fingerprint density at radius 2 is 1.79 bits per heavy atom. The Labute approximate surface area is 113 Å². The normalized spacial score (nSPS) is 12.0. The number of carbonyl (C=O) groups is 2. The highest BCUT2D eigenvalue weighted by Gasteiger charge is 2.16. The van der Waals surface area contributed by atoms with Crippen LogP contribution in [0.25, 0.3) is 0 Å². The molecule has 2 N–H and O–H groups in total. The van der Waals surface area contributed by atoms with Gasteiger partial charge in [-0.05, 0) is 25.0 Å². The first-order valence-corrected chi connectivity index (χ1v) is 6.28. The summed E-state index contributed by atoms with van der Waals surface area (Å²) in [5, 5.41) is 2.60. The lowest BCUT2D eigenvalue weighted by molar-refractivity contribution is -0.135. The van der Waals surface area contributed by atoms with Gasteiger partial charge in [0.05, 0.1) is 6.61 Å². The Bertz CT molecular complexity index is 418. The summed E-state index contributed by atoms with van der Waals surface area (Å²) in [5.74, 6) is -0.327. The Kier molecular flexibility index (Phi) is 6.02. The van der Waals surface area contributed by atoms with E-state index in [1.54, 1.807) is 31.2 Å². The van der Waals surface area contributed by atoms with Crippen molar-refractivity contribution in [3.63, 3.8) is 0 Å². The molecule has 0 heterocycles. The predicted molar refractivity (Wildman–Crippen MR) is 72.3 cm³/mol. The van der Waals surface area contributed by atoms with Crippen molar-refractivity contribution in [3.05, 3.63) is 35.9 Å². The summed E-state index contributed by atoms with van der Waals surface area (Å²) in [5.41, 5.74) is 2.84. The zero-order chi connectivity index (χ0) is 14.3. The maximum atomic E-state index is 11.8. The van der Waals surface area contributed by atoms with Crippen LogP contribution in [-0.4, -0.2) is 24.5 Å². The number of rotatable bonds is 6. The molecule has 0 fully saturated rings. The first kappa shape index (κ1) is 15.2. The molecule has 19 heavy (non-hydrogen) atoms. The Hall–Kier alpha value is -1.88. The van der Waals surface area contributed by atoms with Gasteiger partial charge in [0.25, 0.3) is 11.8 Å². The van der Waals surface area contributed by atoms with Gasteiger partial charge in [-0.1, -0.05) is 32.0 Å².